The van der Waals surface area contributed by atoms with Crippen molar-refractivity contribution in [2.75, 3.05) is 50.2 Å². The van der Waals surface area contributed by atoms with Crippen LogP contribution in [-0.4, -0.2) is 65.9 Å². The Morgan fingerprint density at radius 2 is 1.71 bits per heavy atom. The molecule has 10 nitrogen and oxygen atoms in total. The third-order valence-electron chi connectivity index (χ3n) is 5.99. The lowest BCUT2D eigenvalue weighted by molar-refractivity contribution is 0.0600. The van der Waals surface area contributed by atoms with E-state index in [0.717, 1.165) is 11.4 Å². The van der Waals surface area contributed by atoms with Gasteiger partial charge in [0.1, 0.15) is 17.6 Å². The van der Waals surface area contributed by atoms with Crippen LogP contribution in [0.15, 0.2) is 59.7 Å². The number of hydrogen-bond acceptors (Lipinski definition) is 8. The van der Waals surface area contributed by atoms with Gasteiger partial charge in [0.25, 0.3) is 0 Å². The summed E-state index contributed by atoms with van der Waals surface area (Å²) in [7, 11) is 2.97. The van der Waals surface area contributed by atoms with Crippen LogP contribution in [0.25, 0.3) is 16.9 Å². The average Bonchev–Trinajstić information content (AvgIpc) is 3.24. The Morgan fingerprint density at radius 3 is 2.41 bits per heavy atom. The Bertz CT molecular complexity index is 1390. The Hall–Kier alpha value is -4.34. The van der Waals surface area contributed by atoms with Gasteiger partial charge in [0, 0.05) is 26.2 Å². The molecule has 1 fully saturated rings. The third kappa shape index (κ3) is 3.72. The second kappa shape index (κ2) is 8.89. The van der Waals surface area contributed by atoms with Gasteiger partial charge in [-0.1, -0.05) is 18.2 Å². The SMILES string of the molecule is COC(=O)c1ccc(OC)c(N2CCN(c3ncnc4c3[nH]c(=O)n4-c3ccccc3)CC2)c1. The topological polar surface area (TPSA) is 106 Å². The number of para-hydroxylation sites is 1. The number of nitrogens with zero attached hydrogens (tertiary/aromatic N) is 5. The molecule has 0 atom stereocenters. The number of carbonyl (C=O) groups is 1. The number of imidazole rings is 1. The van der Waals surface area contributed by atoms with Gasteiger partial charge >= 0.3 is 11.7 Å². The Kier molecular flexibility index (Phi) is 5.62. The van der Waals surface area contributed by atoms with Crippen LogP contribution in [0.4, 0.5) is 11.5 Å². The summed E-state index contributed by atoms with van der Waals surface area (Å²) in [6.45, 7) is 2.68. The second-order valence-electron chi connectivity index (χ2n) is 7.85. The number of esters is 1. The molecule has 1 aliphatic rings. The summed E-state index contributed by atoms with van der Waals surface area (Å²) in [5.41, 5.74) is 2.93. The molecule has 10 heteroatoms. The van der Waals surface area contributed by atoms with Crippen molar-refractivity contribution >= 4 is 28.6 Å². The van der Waals surface area contributed by atoms with Crippen LogP contribution in [0, 0.1) is 0 Å². The minimum absolute atomic E-state index is 0.258. The van der Waals surface area contributed by atoms with Crippen LogP contribution < -0.4 is 20.2 Å². The molecule has 4 aromatic rings. The molecule has 1 saturated heterocycles. The van der Waals surface area contributed by atoms with E-state index in [2.05, 4.69) is 24.8 Å². The first-order chi connectivity index (χ1) is 16.6. The average molecular weight is 460 g/mol. The summed E-state index contributed by atoms with van der Waals surface area (Å²) in [5, 5.41) is 0. The number of ether oxygens (including phenoxy) is 2. The van der Waals surface area contributed by atoms with Gasteiger partial charge in [-0.3, -0.25) is 0 Å². The van der Waals surface area contributed by atoms with E-state index < -0.39 is 5.97 Å². The minimum atomic E-state index is -0.391. The van der Waals surface area contributed by atoms with Gasteiger partial charge in [-0.2, -0.15) is 0 Å². The number of anilines is 2. The van der Waals surface area contributed by atoms with E-state index >= 15 is 0 Å². The lowest BCUT2D eigenvalue weighted by atomic mass is 10.1. The summed E-state index contributed by atoms with van der Waals surface area (Å²) in [4.78, 5) is 40.9. The zero-order valence-electron chi connectivity index (χ0n) is 18.9. The van der Waals surface area contributed by atoms with Crippen LogP contribution in [0.3, 0.4) is 0 Å². The maximum atomic E-state index is 12.8. The third-order valence-corrected chi connectivity index (χ3v) is 5.99. The number of rotatable bonds is 5. The quantitative estimate of drug-likeness (QED) is 0.452. The number of aromatic amines is 1. The number of fused-ring (bicyclic) bond motifs is 1. The normalized spacial score (nSPS) is 13.8. The number of carbonyl (C=O) groups excluding carboxylic acids is 1. The molecule has 1 N–H and O–H groups in total. The fourth-order valence-electron chi connectivity index (χ4n) is 4.31. The predicted molar refractivity (Wildman–Crippen MR) is 128 cm³/mol. The van der Waals surface area contributed by atoms with Crippen LogP contribution in [0.5, 0.6) is 5.75 Å². The molecule has 0 unspecified atom stereocenters. The molecule has 5 rings (SSSR count). The van der Waals surface area contributed by atoms with E-state index in [1.165, 1.54) is 13.4 Å². The van der Waals surface area contributed by atoms with Crippen molar-refractivity contribution in [3.8, 4) is 11.4 Å². The molecule has 0 bridgehead atoms. The molecular formula is C24H24N6O4. The van der Waals surface area contributed by atoms with E-state index in [4.69, 9.17) is 9.47 Å². The highest BCUT2D eigenvalue weighted by atomic mass is 16.5. The van der Waals surface area contributed by atoms with Crippen molar-refractivity contribution in [3.63, 3.8) is 0 Å². The van der Waals surface area contributed by atoms with Crippen molar-refractivity contribution in [1.82, 2.24) is 19.5 Å². The van der Waals surface area contributed by atoms with Gasteiger partial charge in [0.2, 0.25) is 0 Å². The molecule has 1 aliphatic heterocycles. The van der Waals surface area contributed by atoms with Gasteiger partial charge < -0.3 is 24.3 Å². The number of aromatic nitrogens is 4. The molecule has 3 heterocycles. The minimum Gasteiger partial charge on any atom is -0.495 e. The molecule has 0 saturated carbocycles. The summed E-state index contributed by atoms with van der Waals surface area (Å²) >= 11 is 0. The molecule has 0 amide bonds. The van der Waals surface area contributed by atoms with E-state index in [0.29, 0.717) is 54.5 Å². The van der Waals surface area contributed by atoms with Crippen molar-refractivity contribution < 1.29 is 14.3 Å². The van der Waals surface area contributed by atoms with E-state index in [1.54, 1.807) is 29.9 Å². The monoisotopic (exact) mass is 460 g/mol. The Balaban J connectivity index is 1.42. The van der Waals surface area contributed by atoms with Crippen molar-refractivity contribution in [2.24, 2.45) is 0 Å². The van der Waals surface area contributed by atoms with Gasteiger partial charge in [-0.15, -0.1) is 0 Å². The maximum absolute atomic E-state index is 12.8. The van der Waals surface area contributed by atoms with Gasteiger partial charge in [-0.25, -0.2) is 24.1 Å². The molecule has 34 heavy (non-hydrogen) atoms. The lowest BCUT2D eigenvalue weighted by Gasteiger charge is -2.37. The first-order valence-electron chi connectivity index (χ1n) is 10.9. The smallest absolute Gasteiger partial charge is 0.337 e. The standard InChI is InChI=1S/C24H24N6O4/c1-33-19-9-8-16(23(31)34-2)14-18(19)28-10-12-29(13-11-28)21-20-22(26-15-25-21)30(24(32)27-20)17-6-4-3-5-7-17/h3-9,14-15H,10-13H2,1-2H3,(H,27,32). The van der Waals surface area contributed by atoms with E-state index in [1.807, 2.05) is 30.3 Å². The zero-order valence-corrected chi connectivity index (χ0v) is 18.9. The van der Waals surface area contributed by atoms with Gasteiger partial charge in [0.15, 0.2) is 11.5 Å². The summed E-state index contributed by atoms with van der Waals surface area (Å²) in [6, 6.07) is 14.7. The van der Waals surface area contributed by atoms with Crippen LogP contribution in [-0.2, 0) is 4.74 Å². The fraction of sp³-hybridized carbons (Fsp3) is 0.250. The first-order valence-corrected chi connectivity index (χ1v) is 10.9. The first kappa shape index (κ1) is 21.5. The van der Waals surface area contributed by atoms with Crippen LogP contribution in [0.1, 0.15) is 10.4 Å². The molecular weight excluding hydrogens is 436 g/mol. The molecule has 174 valence electrons. The summed E-state index contributed by atoms with van der Waals surface area (Å²) in [6.07, 6.45) is 1.49. The number of methoxy groups -OCH3 is 2. The largest absolute Gasteiger partial charge is 0.495 e. The van der Waals surface area contributed by atoms with Gasteiger partial charge in [0.05, 0.1) is 31.2 Å². The maximum Gasteiger partial charge on any atom is 0.337 e. The predicted octanol–water partition coefficient (Wildman–Crippen LogP) is 2.23. The van der Waals surface area contributed by atoms with Crippen LogP contribution in [0.2, 0.25) is 0 Å². The Morgan fingerprint density at radius 1 is 0.971 bits per heavy atom. The zero-order chi connectivity index (χ0) is 23.7. The number of nitrogens with one attached hydrogen (secondary N) is 1. The summed E-state index contributed by atoms with van der Waals surface area (Å²) < 4.78 is 11.9. The number of hydrogen-bond donors (Lipinski definition) is 1. The summed E-state index contributed by atoms with van der Waals surface area (Å²) in [5.74, 6) is 0.985. The highest BCUT2D eigenvalue weighted by Crippen LogP contribution is 2.31. The fourth-order valence-corrected chi connectivity index (χ4v) is 4.31. The van der Waals surface area contributed by atoms with E-state index in [9.17, 15) is 9.59 Å². The van der Waals surface area contributed by atoms with Crippen molar-refractivity contribution in [3.05, 3.63) is 70.9 Å². The molecule has 0 radical (unpaired) electrons. The molecule has 2 aromatic heterocycles. The van der Waals surface area contributed by atoms with Crippen molar-refractivity contribution in [2.45, 2.75) is 0 Å². The highest BCUT2D eigenvalue weighted by molar-refractivity contribution is 5.91. The molecule has 2 aromatic carbocycles. The van der Waals surface area contributed by atoms with Gasteiger partial charge in [-0.05, 0) is 30.3 Å². The van der Waals surface area contributed by atoms with Crippen molar-refractivity contribution in [1.29, 1.82) is 0 Å². The molecule has 0 aliphatic carbocycles. The second-order valence-corrected chi connectivity index (χ2v) is 7.85. The van der Waals surface area contributed by atoms with Crippen LogP contribution >= 0.6 is 0 Å². The lowest BCUT2D eigenvalue weighted by Crippen LogP contribution is -2.47. The highest BCUT2D eigenvalue weighted by Gasteiger charge is 2.25. The Labute approximate surface area is 195 Å². The number of benzene rings is 2. The number of piperazine rings is 1. The number of H-pyrrole nitrogens is 1. The van der Waals surface area contributed by atoms with E-state index in [-0.39, 0.29) is 5.69 Å². The molecule has 0 spiro atoms.